The first-order valence-electron chi connectivity index (χ1n) is 9.11. The lowest BCUT2D eigenvalue weighted by molar-refractivity contribution is 0.127. The molecule has 1 saturated heterocycles. The summed E-state index contributed by atoms with van der Waals surface area (Å²) < 4.78 is 5.55. The van der Waals surface area contributed by atoms with Gasteiger partial charge >= 0.3 is 0 Å². The highest BCUT2D eigenvalue weighted by atomic mass is 16.5. The molecule has 1 atom stereocenters. The van der Waals surface area contributed by atoms with Crippen LogP contribution in [0.4, 0.5) is 0 Å². The van der Waals surface area contributed by atoms with Crippen molar-refractivity contribution < 1.29 is 9.84 Å². The lowest BCUT2D eigenvalue weighted by atomic mass is 9.83. The van der Waals surface area contributed by atoms with E-state index in [0.717, 1.165) is 38.5 Å². The molecule has 3 N–H and O–H groups in total. The Kier molecular flexibility index (Phi) is 6.85. The van der Waals surface area contributed by atoms with Gasteiger partial charge in [0.2, 0.25) is 0 Å². The zero-order valence-electron chi connectivity index (χ0n) is 16.1. The van der Waals surface area contributed by atoms with Gasteiger partial charge in [-0.25, -0.2) is 0 Å². The number of hydrogen-bond donors (Lipinski definition) is 3. The molecule has 0 spiro atoms. The standard InChI is InChI=1S/C20H33N3O2/c1-16-6-5-7-17(12-16)19(2,3)13-22-18(21-4)23-14-20(8-10-24)9-11-25-15-20/h5-7,12,24H,8-11,13-15H2,1-4H3,(H2,21,22,23). The molecule has 0 saturated carbocycles. The second-order valence-corrected chi connectivity index (χ2v) is 7.81. The van der Waals surface area contributed by atoms with E-state index in [1.54, 1.807) is 7.05 Å². The van der Waals surface area contributed by atoms with Gasteiger partial charge in [-0.2, -0.15) is 0 Å². The predicted molar refractivity (Wildman–Crippen MR) is 103 cm³/mol. The van der Waals surface area contributed by atoms with Crippen LogP contribution in [-0.4, -0.2) is 51.0 Å². The minimum Gasteiger partial charge on any atom is -0.396 e. The molecule has 140 valence electrons. The van der Waals surface area contributed by atoms with Gasteiger partial charge in [-0.15, -0.1) is 0 Å². The van der Waals surface area contributed by atoms with Crippen LogP contribution in [-0.2, 0) is 10.2 Å². The van der Waals surface area contributed by atoms with Crippen molar-refractivity contribution >= 4 is 5.96 Å². The number of ether oxygens (including phenoxy) is 1. The summed E-state index contributed by atoms with van der Waals surface area (Å²) in [5.74, 6) is 0.796. The van der Waals surface area contributed by atoms with E-state index >= 15 is 0 Å². The Hall–Kier alpha value is -1.59. The third-order valence-corrected chi connectivity index (χ3v) is 5.18. The number of rotatable bonds is 7. The van der Waals surface area contributed by atoms with Crippen LogP contribution < -0.4 is 10.6 Å². The summed E-state index contributed by atoms with van der Waals surface area (Å²) in [6.07, 6.45) is 1.73. The fourth-order valence-corrected chi connectivity index (χ4v) is 3.28. The average Bonchev–Trinajstić information content (AvgIpc) is 3.04. The van der Waals surface area contributed by atoms with Gasteiger partial charge in [-0.3, -0.25) is 4.99 Å². The zero-order chi connectivity index (χ0) is 18.3. The second-order valence-electron chi connectivity index (χ2n) is 7.81. The Balaban J connectivity index is 1.91. The van der Waals surface area contributed by atoms with Crippen molar-refractivity contribution in [2.45, 2.75) is 39.0 Å². The number of aliphatic imine (C=N–C) groups is 1. The minimum absolute atomic E-state index is 0.00287. The van der Waals surface area contributed by atoms with E-state index in [4.69, 9.17) is 4.74 Å². The number of nitrogens with one attached hydrogen (secondary N) is 2. The fourth-order valence-electron chi connectivity index (χ4n) is 3.28. The highest BCUT2D eigenvalue weighted by Crippen LogP contribution is 2.31. The number of benzene rings is 1. The fraction of sp³-hybridized carbons (Fsp3) is 0.650. The first-order valence-corrected chi connectivity index (χ1v) is 9.11. The van der Waals surface area contributed by atoms with Crippen LogP contribution in [0.2, 0.25) is 0 Å². The monoisotopic (exact) mass is 347 g/mol. The van der Waals surface area contributed by atoms with Crippen molar-refractivity contribution in [3.8, 4) is 0 Å². The molecule has 0 aromatic heterocycles. The van der Waals surface area contributed by atoms with Gasteiger partial charge in [0.25, 0.3) is 0 Å². The van der Waals surface area contributed by atoms with Gasteiger partial charge in [0, 0.05) is 44.2 Å². The van der Waals surface area contributed by atoms with Crippen molar-refractivity contribution in [2.75, 3.05) is 40.0 Å². The van der Waals surface area contributed by atoms with Gasteiger partial charge in [0.05, 0.1) is 6.61 Å². The quantitative estimate of drug-likeness (QED) is 0.523. The second kappa shape index (κ2) is 8.68. The Morgan fingerprint density at radius 1 is 1.36 bits per heavy atom. The molecule has 5 heteroatoms. The molecule has 0 bridgehead atoms. The third kappa shape index (κ3) is 5.44. The highest BCUT2D eigenvalue weighted by Gasteiger charge is 2.34. The van der Waals surface area contributed by atoms with Gasteiger partial charge in [0.15, 0.2) is 5.96 Å². The van der Waals surface area contributed by atoms with Crippen LogP contribution in [0.1, 0.15) is 37.8 Å². The average molecular weight is 348 g/mol. The number of nitrogens with zero attached hydrogens (tertiary/aromatic N) is 1. The molecule has 1 aromatic carbocycles. The van der Waals surface area contributed by atoms with E-state index < -0.39 is 0 Å². The number of guanidine groups is 1. The molecule has 1 aliphatic heterocycles. The molecule has 1 aliphatic rings. The van der Waals surface area contributed by atoms with E-state index in [1.807, 2.05) is 0 Å². The molecule has 1 fully saturated rings. The summed E-state index contributed by atoms with van der Waals surface area (Å²) in [4.78, 5) is 4.35. The number of aliphatic hydroxyl groups excluding tert-OH is 1. The Labute approximate surface area is 151 Å². The molecule has 0 radical (unpaired) electrons. The lowest BCUT2D eigenvalue weighted by Crippen LogP contribution is -2.47. The van der Waals surface area contributed by atoms with Gasteiger partial charge in [0.1, 0.15) is 0 Å². The Morgan fingerprint density at radius 2 is 2.16 bits per heavy atom. The smallest absolute Gasteiger partial charge is 0.191 e. The van der Waals surface area contributed by atoms with Crippen molar-refractivity contribution in [2.24, 2.45) is 10.4 Å². The molecule has 0 aliphatic carbocycles. The maximum absolute atomic E-state index is 9.34. The Bertz CT molecular complexity index is 578. The molecular formula is C20H33N3O2. The van der Waals surface area contributed by atoms with Crippen LogP contribution in [0.3, 0.4) is 0 Å². The van der Waals surface area contributed by atoms with Crippen LogP contribution in [0, 0.1) is 12.3 Å². The number of aliphatic hydroxyl groups is 1. The van der Waals surface area contributed by atoms with E-state index in [-0.39, 0.29) is 17.4 Å². The molecule has 5 nitrogen and oxygen atoms in total. The summed E-state index contributed by atoms with van der Waals surface area (Å²) >= 11 is 0. The molecule has 1 unspecified atom stereocenters. The Morgan fingerprint density at radius 3 is 2.76 bits per heavy atom. The largest absolute Gasteiger partial charge is 0.396 e. The number of hydrogen-bond acceptors (Lipinski definition) is 3. The van der Waals surface area contributed by atoms with Crippen LogP contribution in [0.25, 0.3) is 0 Å². The van der Waals surface area contributed by atoms with E-state index in [9.17, 15) is 5.11 Å². The van der Waals surface area contributed by atoms with E-state index in [0.29, 0.717) is 6.61 Å². The zero-order valence-corrected chi connectivity index (χ0v) is 16.1. The maximum atomic E-state index is 9.34. The molecule has 25 heavy (non-hydrogen) atoms. The first-order chi connectivity index (χ1) is 11.9. The molecule has 1 heterocycles. The molecule has 0 amide bonds. The van der Waals surface area contributed by atoms with Gasteiger partial charge < -0.3 is 20.5 Å². The van der Waals surface area contributed by atoms with E-state index in [1.165, 1.54) is 11.1 Å². The third-order valence-electron chi connectivity index (χ3n) is 5.18. The number of aryl methyl sites for hydroxylation is 1. The normalized spacial score (nSPS) is 21.4. The van der Waals surface area contributed by atoms with Crippen LogP contribution in [0.5, 0.6) is 0 Å². The van der Waals surface area contributed by atoms with Crippen LogP contribution in [0.15, 0.2) is 29.3 Å². The van der Waals surface area contributed by atoms with Crippen molar-refractivity contribution in [3.63, 3.8) is 0 Å². The summed E-state index contributed by atoms with van der Waals surface area (Å²) in [7, 11) is 1.79. The van der Waals surface area contributed by atoms with Crippen LogP contribution >= 0.6 is 0 Å². The SMILES string of the molecule is CN=C(NCC1(CCO)CCOC1)NCC(C)(C)c1cccc(C)c1. The summed E-state index contributed by atoms with van der Waals surface area (Å²) in [5, 5.41) is 16.2. The molecular weight excluding hydrogens is 314 g/mol. The molecule has 1 aromatic rings. The topological polar surface area (TPSA) is 65.9 Å². The molecule has 2 rings (SSSR count). The maximum Gasteiger partial charge on any atom is 0.191 e. The summed E-state index contributed by atoms with van der Waals surface area (Å²) in [6, 6.07) is 8.65. The minimum atomic E-state index is 0.00287. The highest BCUT2D eigenvalue weighted by molar-refractivity contribution is 5.79. The van der Waals surface area contributed by atoms with E-state index in [2.05, 4.69) is 60.7 Å². The van der Waals surface area contributed by atoms with Gasteiger partial charge in [-0.1, -0.05) is 43.7 Å². The summed E-state index contributed by atoms with van der Waals surface area (Å²) in [5.41, 5.74) is 2.61. The first kappa shape index (κ1) is 19.7. The van der Waals surface area contributed by atoms with Gasteiger partial charge in [-0.05, 0) is 25.3 Å². The van der Waals surface area contributed by atoms with Crippen molar-refractivity contribution in [3.05, 3.63) is 35.4 Å². The van der Waals surface area contributed by atoms with Crippen molar-refractivity contribution in [1.82, 2.24) is 10.6 Å². The predicted octanol–water partition coefficient (Wildman–Crippen LogP) is 2.23. The lowest BCUT2D eigenvalue weighted by Gasteiger charge is -2.30. The van der Waals surface area contributed by atoms with Crippen molar-refractivity contribution in [1.29, 1.82) is 0 Å². The summed E-state index contributed by atoms with van der Waals surface area (Å²) in [6.45, 7) is 9.81.